The summed E-state index contributed by atoms with van der Waals surface area (Å²) in [5.74, 6) is 0.356. The summed E-state index contributed by atoms with van der Waals surface area (Å²) in [5, 5.41) is 0. The van der Waals surface area contributed by atoms with Crippen LogP contribution in [0.3, 0.4) is 0 Å². The monoisotopic (exact) mass is 334 g/mol. The molecular formula is C21H22N2O2. The van der Waals surface area contributed by atoms with E-state index >= 15 is 0 Å². The van der Waals surface area contributed by atoms with Gasteiger partial charge in [-0.1, -0.05) is 35.4 Å². The van der Waals surface area contributed by atoms with Crippen LogP contribution in [0.25, 0.3) is 5.57 Å². The van der Waals surface area contributed by atoms with E-state index in [-0.39, 0.29) is 11.8 Å². The summed E-state index contributed by atoms with van der Waals surface area (Å²) in [6.07, 6.45) is 6.42. The molecule has 0 aliphatic heterocycles. The Morgan fingerprint density at radius 2 is 2.00 bits per heavy atom. The molecule has 0 spiro atoms. The highest BCUT2D eigenvalue weighted by Crippen LogP contribution is 2.28. The summed E-state index contributed by atoms with van der Waals surface area (Å²) >= 11 is 0. The van der Waals surface area contributed by atoms with Crippen molar-refractivity contribution in [1.82, 2.24) is 4.98 Å². The molecule has 2 N–H and O–H groups in total. The minimum atomic E-state index is -0.280. The third-order valence-electron chi connectivity index (χ3n) is 4.40. The molecule has 1 aromatic heterocycles. The van der Waals surface area contributed by atoms with Gasteiger partial charge in [-0.2, -0.15) is 0 Å². The first-order chi connectivity index (χ1) is 12.0. The van der Waals surface area contributed by atoms with Gasteiger partial charge in [0.1, 0.15) is 12.4 Å². The number of carbonyl (C=O) groups is 1. The number of nitrogens with two attached hydrogens (primary N) is 1. The second-order valence-electron chi connectivity index (χ2n) is 6.39. The number of amides is 1. The van der Waals surface area contributed by atoms with Crippen LogP contribution in [0.2, 0.25) is 0 Å². The van der Waals surface area contributed by atoms with Crippen LogP contribution in [0.1, 0.15) is 30.2 Å². The molecule has 1 unspecified atom stereocenters. The van der Waals surface area contributed by atoms with Gasteiger partial charge in [-0.3, -0.25) is 9.78 Å². The number of allylic oxidation sites excluding steroid dienone is 3. The molecule has 2 aromatic rings. The smallest absolute Gasteiger partial charge is 0.224 e. The first-order valence-corrected chi connectivity index (χ1v) is 8.35. The molecule has 1 atom stereocenters. The van der Waals surface area contributed by atoms with Crippen LogP contribution >= 0.6 is 0 Å². The zero-order valence-electron chi connectivity index (χ0n) is 14.5. The van der Waals surface area contributed by atoms with E-state index in [2.05, 4.69) is 11.9 Å². The molecule has 3 rings (SSSR count). The zero-order valence-corrected chi connectivity index (χ0v) is 14.5. The van der Waals surface area contributed by atoms with Gasteiger partial charge in [0.05, 0.1) is 11.6 Å². The van der Waals surface area contributed by atoms with Crippen LogP contribution in [-0.4, -0.2) is 10.9 Å². The lowest BCUT2D eigenvalue weighted by Crippen LogP contribution is -2.25. The molecule has 0 saturated heterocycles. The van der Waals surface area contributed by atoms with Crippen molar-refractivity contribution < 1.29 is 9.53 Å². The van der Waals surface area contributed by atoms with E-state index in [1.807, 2.05) is 55.5 Å². The average Bonchev–Trinajstić information content (AvgIpc) is 2.61. The highest BCUT2D eigenvalue weighted by atomic mass is 16.5. The van der Waals surface area contributed by atoms with Crippen molar-refractivity contribution in [2.45, 2.75) is 26.9 Å². The van der Waals surface area contributed by atoms with Crippen molar-refractivity contribution >= 4 is 11.5 Å². The fraction of sp³-hybridized carbons (Fsp3) is 0.238. The van der Waals surface area contributed by atoms with Crippen LogP contribution in [0.5, 0.6) is 5.75 Å². The molecule has 0 bridgehead atoms. The number of rotatable bonds is 5. The topological polar surface area (TPSA) is 65.2 Å². The number of pyridine rings is 1. The van der Waals surface area contributed by atoms with Crippen molar-refractivity contribution in [3.8, 4) is 5.75 Å². The fourth-order valence-electron chi connectivity index (χ4n) is 2.88. The summed E-state index contributed by atoms with van der Waals surface area (Å²) < 4.78 is 5.84. The lowest BCUT2D eigenvalue weighted by molar-refractivity contribution is -0.120. The van der Waals surface area contributed by atoms with E-state index in [4.69, 9.17) is 10.5 Å². The SMILES string of the molecule is CC1=CC(c2cc(COc3ccc(C)cc3)ccn2)=CCC1C(N)=O. The Hall–Kier alpha value is -2.88. The standard InChI is InChI=1S/C21H22N2O2/c1-14-3-6-18(7-4-14)25-13-16-9-10-23-20(12-16)17-5-8-19(21(22)24)15(2)11-17/h3-7,9-12,19H,8,13H2,1-2H3,(H2,22,24). The van der Waals surface area contributed by atoms with Gasteiger partial charge in [0.25, 0.3) is 0 Å². The molecule has 0 radical (unpaired) electrons. The molecule has 25 heavy (non-hydrogen) atoms. The van der Waals surface area contributed by atoms with Crippen LogP contribution in [-0.2, 0) is 11.4 Å². The maximum atomic E-state index is 11.4. The van der Waals surface area contributed by atoms with Gasteiger partial charge >= 0.3 is 0 Å². The van der Waals surface area contributed by atoms with Crippen molar-refractivity contribution in [3.63, 3.8) is 0 Å². The van der Waals surface area contributed by atoms with Gasteiger partial charge in [-0.15, -0.1) is 0 Å². The number of hydrogen-bond acceptors (Lipinski definition) is 3. The van der Waals surface area contributed by atoms with E-state index in [1.165, 1.54) is 5.56 Å². The van der Waals surface area contributed by atoms with Crippen molar-refractivity contribution in [1.29, 1.82) is 0 Å². The van der Waals surface area contributed by atoms with Crippen molar-refractivity contribution in [2.75, 3.05) is 0 Å². The van der Waals surface area contributed by atoms with Gasteiger partial charge in [0, 0.05) is 6.20 Å². The molecule has 1 amide bonds. The summed E-state index contributed by atoms with van der Waals surface area (Å²) in [5.41, 5.74) is 10.6. The Bertz CT molecular complexity index is 835. The number of aryl methyl sites for hydroxylation is 1. The molecule has 1 aromatic carbocycles. The third kappa shape index (κ3) is 4.15. The maximum absolute atomic E-state index is 11.4. The number of hydrogen-bond donors (Lipinski definition) is 1. The molecule has 4 nitrogen and oxygen atoms in total. The summed E-state index contributed by atoms with van der Waals surface area (Å²) in [4.78, 5) is 15.9. The molecule has 0 fully saturated rings. The van der Waals surface area contributed by atoms with Crippen LogP contribution < -0.4 is 10.5 Å². The lowest BCUT2D eigenvalue weighted by atomic mass is 9.88. The lowest BCUT2D eigenvalue weighted by Gasteiger charge is -2.18. The number of nitrogens with zero attached hydrogens (tertiary/aromatic N) is 1. The minimum absolute atomic E-state index is 0.211. The number of benzene rings is 1. The van der Waals surface area contributed by atoms with Gasteiger partial charge in [-0.05, 0) is 55.7 Å². The van der Waals surface area contributed by atoms with Crippen LogP contribution in [0, 0.1) is 12.8 Å². The number of aromatic nitrogens is 1. The molecule has 0 saturated carbocycles. The molecule has 1 aliphatic carbocycles. The zero-order chi connectivity index (χ0) is 17.8. The minimum Gasteiger partial charge on any atom is -0.489 e. The Balaban J connectivity index is 1.72. The van der Waals surface area contributed by atoms with E-state index < -0.39 is 0 Å². The Morgan fingerprint density at radius 3 is 2.68 bits per heavy atom. The highest BCUT2D eigenvalue weighted by Gasteiger charge is 2.20. The van der Waals surface area contributed by atoms with Gasteiger partial charge < -0.3 is 10.5 Å². The van der Waals surface area contributed by atoms with E-state index in [1.54, 1.807) is 6.20 Å². The molecular weight excluding hydrogens is 312 g/mol. The van der Waals surface area contributed by atoms with Gasteiger partial charge in [-0.25, -0.2) is 0 Å². The highest BCUT2D eigenvalue weighted by molar-refractivity contribution is 5.84. The molecule has 1 aliphatic rings. The second-order valence-corrected chi connectivity index (χ2v) is 6.39. The summed E-state index contributed by atoms with van der Waals surface area (Å²) in [7, 11) is 0. The first kappa shape index (κ1) is 17.0. The second kappa shape index (κ2) is 7.34. The van der Waals surface area contributed by atoms with Crippen LogP contribution in [0.4, 0.5) is 0 Å². The first-order valence-electron chi connectivity index (χ1n) is 8.35. The van der Waals surface area contributed by atoms with Gasteiger partial charge in [0.2, 0.25) is 5.91 Å². The number of carbonyl (C=O) groups excluding carboxylic acids is 1. The maximum Gasteiger partial charge on any atom is 0.224 e. The molecule has 1 heterocycles. The largest absolute Gasteiger partial charge is 0.489 e. The van der Waals surface area contributed by atoms with Gasteiger partial charge in [0.15, 0.2) is 0 Å². The number of primary amides is 1. The third-order valence-corrected chi connectivity index (χ3v) is 4.40. The Morgan fingerprint density at radius 1 is 1.24 bits per heavy atom. The quantitative estimate of drug-likeness (QED) is 0.904. The van der Waals surface area contributed by atoms with Crippen molar-refractivity contribution in [3.05, 3.63) is 77.1 Å². The molecule has 128 valence electrons. The van der Waals surface area contributed by atoms with Crippen LogP contribution in [0.15, 0.2) is 60.3 Å². The fourth-order valence-corrected chi connectivity index (χ4v) is 2.88. The Labute approximate surface area is 148 Å². The van der Waals surface area contributed by atoms with E-state index in [9.17, 15) is 4.79 Å². The predicted molar refractivity (Wildman–Crippen MR) is 98.8 cm³/mol. The van der Waals surface area contributed by atoms with E-state index in [0.29, 0.717) is 13.0 Å². The summed E-state index contributed by atoms with van der Waals surface area (Å²) in [6, 6.07) is 12.0. The molecule has 4 heteroatoms. The number of ether oxygens (including phenoxy) is 1. The average molecular weight is 334 g/mol. The van der Waals surface area contributed by atoms with Crippen molar-refractivity contribution in [2.24, 2.45) is 11.7 Å². The summed E-state index contributed by atoms with van der Waals surface area (Å²) in [6.45, 7) is 4.47. The normalized spacial score (nSPS) is 16.8. The Kier molecular flexibility index (Phi) is 4.98. The van der Waals surface area contributed by atoms with E-state index in [0.717, 1.165) is 28.2 Å². The predicted octanol–water partition coefficient (Wildman–Crippen LogP) is 3.80.